The molecule has 108 valence electrons. The highest BCUT2D eigenvalue weighted by molar-refractivity contribution is 5.24. The van der Waals surface area contributed by atoms with Crippen molar-refractivity contribution < 1.29 is 0 Å². The number of hydrogen-bond donors (Lipinski definition) is 1. The molecule has 2 N–H and O–H groups in total. The number of benzene rings is 1. The maximum absolute atomic E-state index is 6.02. The SMILES string of the molecule is CCC(C)c1ccc(CN(C)CCC(C)(C)N)cc1. The maximum atomic E-state index is 6.02. The number of hydrogen-bond acceptors (Lipinski definition) is 2. The van der Waals surface area contributed by atoms with Crippen LogP contribution in [0.15, 0.2) is 24.3 Å². The van der Waals surface area contributed by atoms with E-state index >= 15 is 0 Å². The fraction of sp³-hybridized carbons (Fsp3) is 0.647. The average molecular weight is 262 g/mol. The summed E-state index contributed by atoms with van der Waals surface area (Å²) in [6.07, 6.45) is 2.22. The summed E-state index contributed by atoms with van der Waals surface area (Å²) in [6, 6.07) is 9.05. The van der Waals surface area contributed by atoms with E-state index in [1.807, 2.05) is 0 Å². The van der Waals surface area contributed by atoms with Crippen molar-refractivity contribution in [3.63, 3.8) is 0 Å². The van der Waals surface area contributed by atoms with Crippen LogP contribution >= 0.6 is 0 Å². The highest BCUT2D eigenvalue weighted by atomic mass is 15.1. The van der Waals surface area contributed by atoms with Gasteiger partial charge in [0.2, 0.25) is 0 Å². The molecule has 19 heavy (non-hydrogen) atoms. The molecule has 1 rings (SSSR count). The first-order chi connectivity index (χ1) is 8.81. The fourth-order valence-electron chi connectivity index (χ4n) is 2.06. The Labute approximate surface area is 119 Å². The minimum absolute atomic E-state index is 0.0747. The van der Waals surface area contributed by atoms with Gasteiger partial charge < -0.3 is 10.6 Å². The molecule has 0 fully saturated rings. The molecule has 0 bridgehead atoms. The van der Waals surface area contributed by atoms with Crippen molar-refractivity contribution in [2.45, 2.75) is 58.5 Å². The first-order valence-corrected chi connectivity index (χ1v) is 7.38. The van der Waals surface area contributed by atoms with Crippen LogP contribution in [0.5, 0.6) is 0 Å². The third kappa shape index (κ3) is 6.22. The smallest absolute Gasteiger partial charge is 0.0230 e. The van der Waals surface area contributed by atoms with Gasteiger partial charge in [0.25, 0.3) is 0 Å². The van der Waals surface area contributed by atoms with Crippen molar-refractivity contribution in [3.8, 4) is 0 Å². The molecule has 0 aliphatic heterocycles. The molecule has 1 atom stereocenters. The van der Waals surface area contributed by atoms with Gasteiger partial charge in [-0.3, -0.25) is 0 Å². The Balaban J connectivity index is 2.49. The largest absolute Gasteiger partial charge is 0.326 e. The lowest BCUT2D eigenvalue weighted by Gasteiger charge is -2.23. The van der Waals surface area contributed by atoms with Crippen LogP contribution in [0.25, 0.3) is 0 Å². The van der Waals surface area contributed by atoms with Crippen molar-refractivity contribution in [1.82, 2.24) is 4.90 Å². The Hall–Kier alpha value is -0.860. The van der Waals surface area contributed by atoms with E-state index in [0.717, 1.165) is 19.5 Å². The van der Waals surface area contributed by atoms with Gasteiger partial charge in [0.1, 0.15) is 0 Å². The Morgan fingerprint density at radius 3 is 2.26 bits per heavy atom. The molecule has 0 saturated heterocycles. The normalized spacial score (nSPS) is 13.8. The topological polar surface area (TPSA) is 29.3 Å². The maximum Gasteiger partial charge on any atom is 0.0230 e. The minimum atomic E-state index is -0.0747. The van der Waals surface area contributed by atoms with E-state index in [4.69, 9.17) is 5.73 Å². The van der Waals surface area contributed by atoms with Crippen LogP contribution < -0.4 is 5.73 Å². The Morgan fingerprint density at radius 1 is 1.21 bits per heavy atom. The molecule has 0 spiro atoms. The van der Waals surface area contributed by atoms with E-state index in [2.05, 4.69) is 63.9 Å². The zero-order valence-electron chi connectivity index (χ0n) is 13.2. The van der Waals surface area contributed by atoms with Crippen LogP contribution in [0, 0.1) is 0 Å². The van der Waals surface area contributed by atoms with Crippen molar-refractivity contribution in [2.24, 2.45) is 5.73 Å². The summed E-state index contributed by atoms with van der Waals surface area (Å²) in [4.78, 5) is 2.34. The zero-order chi connectivity index (χ0) is 14.5. The number of nitrogens with two attached hydrogens (primary N) is 1. The summed E-state index contributed by atoms with van der Waals surface area (Å²) in [5, 5.41) is 0. The zero-order valence-corrected chi connectivity index (χ0v) is 13.2. The van der Waals surface area contributed by atoms with E-state index in [9.17, 15) is 0 Å². The van der Waals surface area contributed by atoms with Crippen LogP contribution in [0.4, 0.5) is 0 Å². The van der Waals surface area contributed by atoms with Gasteiger partial charge in [-0.2, -0.15) is 0 Å². The summed E-state index contributed by atoms with van der Waals surface area (Å²) < 4.78 is 0. The van der Waals surface area contributed by atoms with E-state index in [1.54, 1.807) is 0 Å². The van der Waals surface area contributed by atoms with Gasteiger partial charge in [-0.15, -0.1) is 0 Å². The van der Waals surface area contributed by atoms with E-state index in [-0.39, 0.29) is 5.54 Å². The van der Waals surface area contributed by atoms with Crippen LogP contribution in [0.2, 0.25) is 0 Å². The molecular weight excluding hydrogens is 232 g/mol. The van der Waals surface area contributed by atoms with Gasteiger partial charge in [0.05, 0.1) is 0 Å². The molecule has 0 radical (unpaired) electrons. The van der Waals surface area contributed by atoms with Gasteiger partial charge in [-0.25, -0.2) is 0 Å². The first kappa shape index (κ1) is 16.2. The lowest BCUT2D eigenvalue weighted by Crippen LogP contribution is -2.36. The second kappa shape index (κ2) is 7.06. The molecule has 1 unspecified atom stereocenters. The standard InChI is InChI=1S/C17H30N2/c1-6-14(2)16-9-7-15(8-10-16)13-19(5)12-11-17(3,4)18/h7-10,14H,6,11-13,18H2,1-5H3. The fourth-order valence-corrected chi connectivity index (χ4v) is 2.06. The number of rotatable bonds is 7. The predicted octanol–water partition coefficient (Wildman–Crippen LogP) is 3.76. The predicted molar refractivity (Wildman–Crippen MR) is 84.4 cm³/mol. The van der Waals surface area contributed by atoms with Crippen molar-refractivity contribution in [2.75, 3.05) is 13.6 Å². The lowest BCUT2D eigenvalue weighted by molar-refractivity contribution is 0.289. The van der Waals surface area contributed by atoms with Crippen molar-refractivity contribution >= 4 is 0 Å². The summed E-state index contributed by atoms with van der Waals surface area (Å²) in [5.74, 6) is 0.657. The molecule has 0 saturated carbocycles. The minimum Gasteiger partial charge on any atom is -0.326 e. The molecule has 1 aromatic carbocycles. The summed E-state index contributed by atoms with van der Waals surface area (Å²) in [6.45, 7) is 10.7. The molecule has 0 amide bonds. The summed E-state index contributed by atoms with van der Waals surface area (Å²) >= 11 is 0. The molecular formula is C17H30N2. The van der Waals surface area contributed by atoms with E-state index in [0.29, 0.717) is 5.92 Å². The Morgan fingerprint density at radius 2 is 1.79 bits per heavy atom. The van der Waals surface area contributed by atoms with Gasteiger partial charge in [-0.1, -0.05) is 38.1 Å². The molecule has 2 nitrogen and oxygen atoms in total. The lowest BCUT2D eigenvalue weighted by atomic mass is 9.97. The second-order valence-electron chi connectivity index (χ2n) is 6.53. The highest BCUT2D eigenvalue weighted by Crippen LogP contribution is 2.19. The van der Waals surface area contributed by atoms with E-state index in [1.165, 1.54) is 17.5 Å². The average Bonchev–Trinajstić information content (AvgIpc) is 2.35. The van der Waals surface area contributed by atoms with Crippen LogP contribution in [-0.2, 0) is 6.54 Å². The molecule has 0 aliphatic rings. The summed E-state index contributed by atoms with van der Waals surface area (Å²) in [7, 11) is 2.16. The van der Waals surface area contributed by atoms with Crippen molar-refractivity contribution in [3.05, 3.63) is 35.4 Å². The first-order valence-electron chi connectivity index (χ1n) is 7.38. The van der Waals surface area contributed by atoms with Gasteiger partial charge in [0, 0.05) is 12.1 Å². The second-order valence-corrected chi connectivity index (χ2v) is 6.53. The van der Waals surface area contributed by atoms with Crippen LogP contribution in [-0.4, -0.2) is 24.0 Å². The molecule has 0 aromatic heterocycles. The molecule has 1 aromatic rings. The number of nitrogens with zero attached hydrogens (tertiary/aromatic N) is 1. The monoisotopic (exact) mass is 262 g/mol. The Bertz CT molecular complexity index is 362. The quantitative estimate of drug-likeness (QED) is 0.810. The van der Waals surface area contributed by atoms with Crippen LogP contribution in [0.3, 0.4) is 0 Å². The molecule has 0 aliphatic carbocycles. The Kier molecular flexibility index (Phi) is 6.02. The van der Waals surface area contributed by atoms with Crippen molar-refractivity contribution in [1.29, 1.82) is 0 Å². The molecule has 2 heteroatoms. The van der Waals surface area contributed by atoms with Crippen LogP contribution in [0.1, 0.15) is 57.6 Å². The highest BCUT2D eigenvalue weighted by Gasteiger charge is 2.11. The van der Waals surface area contributed by atoms with Gasteiger partial charge in [-0.05, 0) is 57.3 Å². The van der Waals surface area contributed by atoms with E-state index < -0.39 is 0 Å². The third-order valence-corrected chi connectivity index (χ3v) is 3.75. The van der Waals surface area contributed by atoms with Gasteiger partial charge >= 0.3 is 0 Å². The van der Waals surface area contributed by atoms with Gasteiger partial charge in [0.15, 0.2) is 0 Å². The summed E-state index contributed by atoms with van der Waals surface area (Å²) in [5.41, 5.74) is 8.76. The molecule has 0 heterocycles. The third-order valence-electron chi connectivity index (χ3n) is 3.75.